The second-order valence-corrected chi connectivity index (χ2v) is 6.56. The van der Waals surface area contributed by atoms with Crippen molar-refractivity contribution in [2.45, 2.75) is 25.7 Å². The number of hydrogen-bond donors (Lipinski definition) is 0. The summed E-state index contributed by atoms with van der Waals surface area (Å²) < 4.78 is 1.34. The lowest BCUT2D eigenvalue weighted by molar-refractivity contribution is 0.169. The molecule has 1 aromatic rings. The molecule has 0 spiro atoms. The van der Waals surface area contributed by atoms with E-state index in [9.17, 15) is 0 Å². The van der Waals surface area contributed by atoms with E-state index in [1.807, 2.05) is 6.07 Å². The Labute approximate surface area is 118 Å². The average Bonchev–Trinajstić information content (AvgIpc) is 2.17. The number of hydrogen-bond acceptors (Lipinski definition) is 0. The standard InChI is InChI=1S/C12H13BrClI/c13-8-12(4-1-5-12)7-9-6-10(14)2-3-11(9)15/h2-3,6H,1,4-5,7-8H2. The minimum absolute atomic E-state index is 0.505. The highest BCUT2D eigenvalue weighted by Gasteiger charge is 2.36. The number of benzene rings is 1. The topological polar surface area (TPSA) is 0 Å². The van der Waals surface area contributed by atoms with Gasteiger partial charge >= 0.3 is 0 Å². The van der Waals surface area contributed by atoms with Crippen LogP contribution in [0.5, 0.6) is 0 Å². The van der Waals surface area contributed by atoms with Crippen molar-refractivity contribution < 1.29 is 0 Å². The van der Waals surface area contributed by atoms with Gasteiger partial charge in [-0.2, -0.15) is 0 Å². The first kappa shape index (κ1) is 12.2. The highest BCUT2D eigenvalue weighted by molar-refractivity contribution is 14.1. The van der Waals surface area contributed by atoms with Crippen LogP contribution in [0, 0.1) is 8.99 Å². The van der Waals surface area contributed by atoms with Crippen LogP contribution in [0.1, 0.15) is 24.8 Å². The Morgan fingerprint density at radius 2 is 2.13 bits per heavy atom. The molecule has 1 saturated carbocycles. The molecule has 0 nitrogen and oxygen atoms in total. The Morgan fingerprint density at radius 3 is 2.67 bits per heavy atom. The minimum Gasteiger partial charge on any atom is -0.0922 e. The van der Waals surface area contributed by atoms with Gasteiger partial charge in [0.05, 0.1) is 0 Å². The summed E-state index contributed by atoms with van der Waals surface area (Å²) in [5, 5.41) is 1.97. The molecule has 0 atom stereocenters. The van der Waals surface area contributed by atoms with E-state index in [1.165, 1.54) is 28.4 Å². The number of alkyl halides is 1. The lowest BCUT2D eigenvalue weighted by atomic mass is 9.67. The monoisotopic (exact) mass is 398 g/mol. The lowest BCUT2D eigenvalue weighted by Crippen LogP contribution is -2.33. The van der Waals surface area contributed by atoms with E-state index >= 15 is 0 Å². The van der Waals surface area contributed by atoms with Gasteiger partial charge in [0.15, 0.2) is 0 Å². The van der Waals surface area contributed by atoms with Crippen LogP contribution in [-0.2, 0) is 6.42 Å². The first-order chi connectivity index (χ1) is 7.15. The van der Waals surface area contributed by atoms with Crippen LogP contribution in [-0.4, -0.2) is 5.33 Å². The molecule has 2 rings (SSSR count). The predicted molar refractivity (Wildman–Crippen MR) is 78.0 cm³/mol. The molecule has 1 fully saturated rings. The summed E-state index contributed by atoms with van der Waals surface area (Å²) in [6.45, 7) is 0. The molecule has 1 aromatic carbocycles. The highest BCUT2D eigenvalue weighted by Crippen LogP contribution is 2.45. The first-order valence-corrected chi connectivity index (χ1v) is 7.73. The Kier molecular flexibility index (Phi) is 4.00. The summed E-state index contributed by atoms with van der Waals surface area (Å²) in [6, 6.07) is 6.19. The van der Waals surface area contributed by atoms with Gasteiger partial charge in [0.2, 0.25) is 0 Å². The van der Waals surface area contributed by atoms with Crippen molar-refractivity contribution in [2.75, 3.05) is 5.33 Å². The zero-order valence-corrected chi connectivity index (χ0v) is 12.9. The van der Waals surface area contributed by atoms with E-state index in [4.69, 9.17) is 11.6 Å². The fourth-order valence-electron chi connectivity index (χ4n) is 2.12. The van der Waals surface area contributed by atoms with Gasteiger partial charge in [-0.1, -0.05) is 34.0 Å². The molecule has 1 aliphatic carbocycles. The molecule has 15 heavy (non-hydrogen) atoms. The van der Waals surface area contributed by atoms with Gasteiger partial charge in [-0.3, -0.25) is 0 Å². The fourth-order valence-corrected chi connectivity index (χ4v) is 3.60. The molecular formula is C12H13BrClI. The second kappa shape index (κ2) is 4.92. The third-order valence-corrected chi connectivity index (χ3v) is 5.75. The predicted octanol–water partition coefficient (Wildman–Crippen LogP) is 5.05. The van der Waals surface area contributed by atoms with Gasteiger partial charge < -0.3 is 0 Å². The maximum atomic E-state index is 6.04. The van der Waals surface area contributed by atoms with E-state index in [-0.39, 0.29) is 0 Å². The summed E-state index contributed by atoms with van der Waals surface area (Å²) in [4.78, 5) is 0. The molecule has 3 heteroatoms. The van der Waals surface area contributed by atoms with Crippen LogP contribution in [0.15, 0.2) is 18.2 Å². The molecule has 0 radical (unpaired) electrons. The smallest absolute Gasteiger partial charge is 0.0409 e. The van der Waals surface area contributed by atoms with Gasteiger partial charge in [0.1, 0.15) is 0 Å². The molecular weight excluding hydrogens is 386 g/mol. The Morgan fingerprint density at radius 1 is 1.40 bits per heavy atom. The van der Waals surface area contributed by atoms with Crippen LogP contribution >= 0.6 is 50.1 Å². The van der Waals surface area contributed by atoms with Gasteiger partial charge in [0, 0.05) is 13.9 Å². The maximum absolute atomic E-state index is 6.04. The fraction of sp³-hybridized carbons (Fsp3) is 0.500. The van der Waals surface area contributed by atoms with E-state index in [0.29, 0.717) is 5.41 Å². The van der Waals surface area contributed by atoms with Gasteiger partial charge in [-0.05, 0) is 71.0 Å². The average molecular weight is 399 g/mol. The zero-order chi connectivity index (χ0) is 10.9. The van der Waals surface area contributed by atoms with E-state index in [2.05, 4.69) is 50.7 Å². The molecule has 0 unspecified atom stereocenters. The molecule has 0 saturated heterocycles. The molecule has 82 valence electrons. The Balaban J connectivity index is 2.19. The van der Waals surface area contributed by atoms with Crippen molar-refractivity contribution in [2.24, 2.45) is 5.41 Å². The summed E-state index contributed by atoms with van der Waals surface area (Å²) in [6.07, 6.45) is 5.24. The largest absolute Gasteiger partial charge is 0.0922 e. The van der Waals surface area contributed by atoms with E-state index in [1.54, 1.807) is 0 Å². The van der Waals surface area contributed by atoms with Crippen molar-refractivity contribution >= 4 is 50.1 Å². The second-order valence-electron chi connectivity index (χ2n) is 4.40. The Bertz CT molecular complexity index is 355. The molecule has 0 N–H and O–H groups in total. The van der Waals surface area contributed by atoms with Crippen LogP contribution in [0.2, 0.25) is 5.02 Å². The van der Waals surface area contributed by atoms with Crippen LogP contribution in [0.3, 0.4) is 0 Å². The third-order valence-electron chi connectivity index (χ3n) is 3.27. The Hall–Kier alpha value is 0.720. The minimum atomic E-state index is 0.505. The molecule has 0 aromatic heterocycles. The van der Waals surface area contributed by atoms with Gasteiger partial charge in [0.25, 0.3) is 0 Å². The van der Waals surface area contributed by atoms with Crippen LogP contribution in [0.25, 0.3) is 0 Å². The molecule has 0 aliphatic heterocycles. The van der Waals surface area contributed by atoms with Gasteiger partial charge in [-0.15, -0.1) is 0 Å². The van der Waals surface area contributed by atoms with E-state index in [0.717, 1.165) is 16.8 Å². The van der Waals surface area contributed by atoms with Crippen molar-refractivity contribution in [1.29, 1.82) is 0 Å². The molecule has 0 heterocycles. The maximum Gasteiger partial charge on any atom is 0.0409 e. The van der Waals surface area contributed by atoms with Crippen LogP contribution in [0.4, 0.5) is 0 Å². The first-order valence-electron chi connectivity index (χ1n) is 5.15. The normalized spacial score (nSPS) is 18.6. The van der Waals surface area contributed by atoms with Crippen molar-refractivity contribution in [3.05, 3.63) is 32.4 Å². The summed E-state index contributed by atoms with van der Waals surface area (Å²) in [5.41, 5.74) is 1.91. The van der Waals surface area contributed by atoms with Gasteiger partial charge in [-0.25, -0.2) is 0 Å². The van der Waals surface area contributed by atoms with Crippen LogP contribution < -0.4 is 0 Å². The van der Waals surface area contributed by atoms with Crippen molar-refractivity contribution in [3.63, 3.8) is 0 Å². The third kappa shape index (κ3) is 2.70. The van der Waals surface area contributed by atoms with E-state index < -0.39 is 0 Å². The van der Waals surface area contributed by atoms with Crippen molar-refractivity contribution in [3.8, 4) is 0 Å². The number of rotatable bonds is 3. The number of halogens is 3. The molecule has 0 bridgehead atoms. The quantitative estimate of drug-likeness (QED) is 0.493. The summed E-state index contributed by atoms with van der Waals surface area (Å²) in [5.74, 6) is 0. The molecule has 1 aliphatic rings. The zero-order valence-electron chi connectivity index (χ0n) is 8.40. The lowest BCUT2D eigenvalue weighted by Gasteiger charge is -2.41. The summed E-state index contributed by atoms with van der Waals surface area (Å²) in [7, 11) is 0. The molecule has 0 amide bonds. The highest BCUT2D eigenvalue weighted by atomic mass is 127. The van der Waals surface area contributed by atoms with Crippen molar-refractivity contribution in [1.82, 2.24) is 0 Å². The SMILES string of the molecule is Clc1ccc(I)c(CC2(CBr)CCC2)c1. The summed E-state index contributed by atoms with van der Waals surface area (Å²) >= 11 is 12.1.